The van der Waals surface area contributed by atoms with Crippen molar-refractivity contribution in [2.75, 3.05) is 26.2 Å². The smallest absolute Gasteiger partial charge is 0.253 e. The Labute approximate surface area is 354 Å². The van der Waals surface area contributed by atoms with Crippen LogP contribution in [0.2, 0.25) is 0 Å². The van der Waals surface area contributed by atoms with Gasteiger partial charge in [-0.3, -0.25) is 28.8 Å². The van der Waals surface area contributed by atoms with Crippen molar-refractivity contribution in [3.8, 4) is 0 Å². The second-order valence-corrected chi connectivity index (χ2v) is 16.7. The molecule has 0 bridgehead atoms. The first kappa shape index (κ1) is 44.0. The maximum Gasteiger partial charge on any atom is 0.253 e. The summed E-state index contributed by atoms with van der Waals surface area (Å²) in [6.07, 6.45) is 9.35. The zero-order valence-corrected chi connectivity index (χ0v) is 35.1. The minimum atomic E-state index is -1.08. The van der Waals surface area contributed by atoms with E-state index in [4.69, 9.17) is 0 Å². The average molecular weight is 819 g/mol. The summed E-state index contributed by atoms with van der Waals surface area (Å²) in [7, 11) is 0. The SMILES string of the molecule is CCCCCCNC(=O)C[C@@H](NC(=O)c1ccc(C(=O)N2C[C@@H](C(=O)N[C@H]3C[C@@H]3c3ccccc3)[C@H](C(=O)N[C@H]3C[C@@H]3c3ccccc3)C2)cc1)C(=O)NCCCCCC. The summed E-state index contributed by atoms with van der Waals surface area (Å²) in [4.78, 5) is 82.7. The molecule has 3 fully saturated rings. The number of amides is 6. The van der Waals surface area contributed by atoms with Gasteiger partial charge in [-0.25, -0.2) is 0 Å². The molecule has 3 aromatic carbocycles. The van der Waals surface area contributed by atoms with E-state index in [0.717, 1.165) is 75.3 Å². The Hall–Kier alpha value is -5.52. The van der Waals surface area contributed by atoms with Gasteiger partial charge in [-0.15, -0.1) is 0 Å². The molecule has 60 heavy (non-hydrogen) atoms. The number of hydrogen-bond acceptors (Lipinski definition) is 6. The van der Waals surface area contributed by atoms with Gasteiger partial charge in [0.15, 0.2) is 0 Å². The zero-order valence-electron chi connectivity index (χ0n) is 35.1. The van der Waals surface area contributed by atoms with E-state index in [9.17, 15) is 28.8 Å². The van der Waals surface area contributed by atoms with Crippen LogP contribution in [0, 0.1) is 11.8 Å². The van der Waals surface area contributed by atoms with Crippen LogP contribution in [0.25, 0.3) is 0 Å². The average Bonchev–Trinajstić information content (AvgIpc) is 4.18. The normalized spacial score (nSPS) is 21.9. The van der Waals surface area contributed by atoms with Gasteiger partial charge in [-0.1, -0.05) is 113 Å². The summed E-state index contributed by atoms with van der Waals surface area (Å²) in [6, 6.07) is 25.0. The molecule has 0 spiro atoms. The molecule has 7 atom stereocenters. The number of rotatable bonds is 22. The van der Waals surface area contributed by atoms with Crippen LogP contribution in [0.15, 0.2) is 84.9 Å². The molecule has 1 aliphatic heterocycles. The summed E-state index contributed by atoms with van der Waals surface area (Å²) >= 11 is 0. The lowest BCUT2D eigenvalue weighted by Crippen LogP contribution is -2.49. The molecule has 0 unspecified atom stereocenters. The maximum absolute atomic E-state index is 14.0. The van der Waals surface area contributed by atoms with Crippen molar-refractivity contribution < 1.29 is 28.8 Å². The maximum atomic E-state index is 14.0. The summed E-state index contributed by atoms with van der Waals surface area (Å²) in [5.41, 5.74) is 2.84. The molecule has 6 rings (SSSR count). The second-order valence-electron chi connectivity index (χ2n) is 16.7. The predicted octanol–water partition coefficient (Wildman–Crippen LogP) is 5.60. The number of carbonyl (C=O) groups is 6. The van der Waals surface area contributed by atoms with Crippen LogP contribution < -0.4 is 26.6 Å². The first-order chi connectivity index (χ1) is 29.2. The molecule has 1 saturated heterocycles. The van der Waals surface area contributed by atoms with E-state index in [2.05, 4.69) is 64.7 Å². The molecule has 3 aliphatic rings. The largest absolute Gasteiger partial charge is 0.356 e. The highest BCUT2D eigenvalue weighted by molar-refractivity contribution is 6.01. The van der Waals surface area contributed by atoms with Gasteiger partial charge in [0.25, 0.3) is 11.8 Å². The van der Waals surface area contributed by atoms with Crippen molar-refractivity contribution in [3.63, 3.8) is 0 Å². The van der Waals surface area contributed by atoms with Crippen LogP contribution in [-0.4, -0.2) is 84.6 Å². The molecule has 0 aromatic heterocycles. The lowest BCUT2D eigenvalue weighted by Gasteiger charge is -2.19. The second kappa shape index (κ2) is 21.7. The Balaban J connectivity index is 1.08. The number of nitrogens with one attached hydrogen (secondary N) is 5. The number of benzene rings is 3. The Bertz CT molecular complexity index is 1850. The third-order valence-corrected chi connectivity index (χ3v) is 12.1. The third kappa shape index (κ3) is 12.3. The van der Waals surface area contributed by atoms with Crippen molar-refractivity contribution in [1.82, 2.24) is 31.5 Å². The van der Waals surface area contributed by atoms with Crippen LogP contribution >= 0.6 is 0 Å². The van der Waals surface area contributed by atoms with Crippen molar-refractivity contribution in [2.24, 2.45) is 11.8 Å². The van der Waals surface area contributed by atoms with Crippen molar-refractivity contribution in [3.05, 3.63) is 107 Å². The van der Waals surface area contributed by atoms with E-state index in [0.29, 0.717) is 18.7 Å². The van der Waals surface area contributed by atoms with Gasteiger partial charge in [-0.2, -0.15) is 0 Å². The quantitative estimate of drug-likeness (QED) is 0.0829. The number of carbonyl (C=O) groups excluding carboxylic acids is 6. The van der Waals surface area contributed by atoms with Gasteiger partial charge < -0.3 is 31.5 Å². The minimum absolute atomic E-state index is 0.0284. The fourth-order valence-corrected chi connectivity index (χ4v) is 8.25. The van der Waals surface area contributed by atoms with Gasteiger partial charge in [0.05, 0.1) is 18.3 Å². The highest BCUT2D eigenvalue weighted by Crippen LogP contribution is 2.42. The van der Waals surface area contributed by atoms with E-state index in [-0.39, 0.29) is 72.6 Å². The monoisotopic (exact) mass is 818 g/mol. The zero-order chi connectivity index (χ0) is 42.4. The fourth-order valence-electron chi connectivity index (χ4n) is 8.25. The van der Waals surface area contributed by atoms with Crippen molar-refractivity contribution >= 4 is 35.4 Å². The lowest BCUT2D eigenvalue weighted by atomic mass is 9.94. The molecule has 1 heterocycles. The van der Waals surface area contributed by atoms with Gasteiger partial charge in [0.1, 0.15) is 6.04 Å². The van der Waals surface area contributed by atoms with Crippen LogP contribution in [0.4, 0.5) is 0 Å². The number of hydrogen-bond donors (Lipinski definition) is 5. The van der Waals surface area contributed by atoms with Gasteiger partial charge >= 0.3 is 0 Å². The number of nitrogens with zero attached hydrogens (tertiary/aromatic N) is 1. The molecule has 2 aliphatic carbocycles. The third-order valence-electron chi connectivity index (χ3n) is 12.1. The van der Waals surface area contributed by atoms with Crippen LogP contribution in [0.3, 0.4) is 0 Å². The Morgan fingerprint density at radius 1 is 0.600 bits per heavy atom. The van der Waals surface area contributed by atoms with Gasteiger partial charge in [-0.05, 0) is 61.1 Å². The van der Waals surface area contributed by atoms with E-state index in [1.807, 2.05) is 36.4 Å². The van der Waals surface area contributed by atoms with E-state index >= 15 is 0 Å². The first-order valence-electron chi connectivity index (χ1n) is 22.1. The topological polar surface area (TPSA) is 166 Å². The molecular weight excluding hydrogens is 757 g/mol. The van der Waals surface area contributed by atoms with Gasteiger partial charge in [0.2, 0.25) is 23.6 Å². The first-order valence-corrected chi connectivity index (χ1v) is 22.1. The summed E-state index contributed by atoms with van der Waals surface area (Å²) in [5, 5.41) is 14.8. The Morgan fingerprint density at radius 3 is 1.58 bits per heavy atom. The van der Waals surface area contributed by atoms with Crippen LogP contribution in [0.5, 0.6) is 0 Å². The summed E-state index contributed by atoms with van der Waals surface area (Å²) in [5.74, 6) is -3.13. The van der Waals surface area contributed by atoms with Crippen LogP contribution in [-0.2, 0) is 19.2 Å². The number of likely N-dealkylation sites (tertiary alicyclic amines) is 1. The van der Waals surface area contributed by atoms with E-state index in [1.165, 1.54) is 24.3 Å². The van der Waals surface area contributed by atoms with Gasteiger partial charge in [0, 0.05) is 61.2 Å². The summed E-state index contributed by atoms with van der Waals surface area (Å²) < 4.78 is 0. The lowest BCUT2D eigenvalue weighted by molar-refractivity contribution is -0.133. The molecule has 5 N–H and O–H groups in total. The van der Waals surface area contributed by atoms with Crippen molar-refractivity contribution in [1.29, 1.82) is 0 Å². The molecule has 0 radical (unpaired) electrons. The molecule has 3 aromatic rings. The summed E-state index contributed by atoms with van der Waals surface area (Å²) in [6.45, 7) is 5.34. The Kier molecular flexibility index (Phi) is 15.9. The highest BCUT2D eigenvalue weighted by Gasteiger charge is 2.49. The van der Waals surface area contributed by atoms with Crippen LogP contribution in [0.1, 0.15) is 128 Å². The Morgan fingerprint density at radius 2 is 1.08 bits per heavy atom. The highest BCUT2D eigenvalue weighted by atomic mass is 16.2. The standard InChI is InChI=1S/C48H62N6O6/c1-3-5-7-15-25-49-43(55)29-42(47(59)50-26-16-8-6-4-2)53-44(56)34-21-23-35(24-22-34)48(60)54-30-38(45(57)51-40-27-36(40)32-17-11-9-12-18-32)39(31-54)46(58)52-41-28-37(41)33-19-13-10-14-20-33/h9-14,17-24,36-42H,3-8,15-16,25-31H2,1-2H3,(H,49,55)(H,50,59)(H,51,57)(H,52,58)(H,53,56)/t36-,37-,38-,39-,40+,41+,42-/m1/s1. The minimum Gasteiger partial charge on any atom is -0.356 e. The van der Waals surface area contributed by atoms with E-state index in [1.54, 1.807) is 4.90 Å². The molecule has 6 amide bonds. The number of unbranched alkanes of at least 4 members (excludes halogenated alkanes) is 6. The van der Waals surface area contributed by atoms with Crippen molar-refractivity contribution in [2.45, 2.75) is 114 Å². The molecule has 2 saturated carbocycles. The van der Waals surface area contributed by atoms with E-state index < -0.39 is 29.7 Å². The molecule has 12 nitrogen and oxygen atoms in total. The molecule has 320 valence electrons. The molecular formula is C48H62N6O6. The fraction of sp³-hybridized carbons (Fsp3) is 0.500. The predicted molar refractivity (Wildman–Crippen MR) is 231 cm³/mol. The molecule has 12 heteroatoms.